The van der Waals surface area contributed by atoms with Crippen molar-refractivity contribution in [2.45, 2.75) is 13.8 Å². The topological polar surface area (TPSA) is 13.1 Å². The lowest BCUT2D eigenvalue weighted by Crippen LogP contribution is -3.00. The second kappa shape index (κ2) is 5.13. The molecule has 3 heteroatoms. The van der Waals surface area contributed by atoms with Crippen LogP contribution in [0, 0.1) is 6.92 Å². The first-order chi connectivity index (χ1) is 4.84. The molecular weight excluding hydrogens is 206 g/mol. The van der Waals surface area contributed by atoms with Crippen LogP contribution in [-0.4, -0.2) is 6.61 Å². The molecule has 0 spiro atoms. The summed E-state index contributed by atoms with van der Waals surface area (Å²) in [6, 6.07) is 5.95. The van der Waals surface area contributed by atoms with E-state index in [1.165, 1.54) is 0 Å². The SMILES string of the molecule is CCO[n+]1ccccc1C.[Br-]. The molecule has 0 fully saturated rings. The maximum Gasteiger partial charge on any atom is 0.231 e. The summed E-state index contributed by atoms with van der Waals surface area (Å²) in [6.07, 6.45) is 1.90. The minimum atomic E-state index is 0. The van der Waals surface area contributed by atoms with Gasteiger partial charge in [0, 0.05) is 23.8 Å². The molecule has 0 saturated heterocycles. The standard InChI is InChI=1S/C8H12NO.BrH/c1-3-10-9-7-5-4-6-8(9)2;/h4-7H,3H2,1-2H3;1H/q+1;/p-1. The fourth-order valence-corrected chi connectivity index (χ4v) is 0.798. The Kier molecular flexibility index (Phi) is 4.86. The summed E-state index contributed by atoms with van der Waals surface area (Å²) < 4.78 is 1.76. The molecule has 11 heavy (non-hydrogen) atoms. The average Bonchev–Trinajstić information content (AvgIpc) is 1.94. The van der Waals surface area contributed by atoms with Crippen LogP contribution in [0.1, 0.15) is 12.6 Å². The van der Waals surface area contributed by atoms with Gasteiger partial charge in [0.05, 0.1) is 0 Å². The van der Waals surface area contributed by atoms with E-state index in [1.807, 2.05) is 38.2 Å². The molecule has 0 N–H and O–H groups in total. The Hall–Kier alpha value is -0.570. The van der Waals surface area contributed by atoms with Crippen molar-refractivity contribution in [3.63, 3.8) is 0 Å². The van der Waals surface area contributed by atoms with Crippen molar-refractivity contribution >= 4 is 0 Å². The highest BCUT2D eigenvalue weighted by atomic mass is 79.9. The third kappa shape index (κ3) is 2.89. The Morgan fingerprint density at radius 3 is 2.73 bits per heavy atom. The summed E-state index contributed by atoms with van der Waals surface area (Å²) in [5, 5.41) is 0. The third-order valence-corrected chi connectivity index (χ3v) is 1.29. The van der Waals surface area contributed by atoms with Gasteiger partial charge in [0.1, 0.15) is 0 Å². The van der Waals surface area contributed by atoms with Crippen LogP contribution < -0.4 is 26.5 Å². The zero-order valence-electron chi connectivity index (χ0n) is 6.75. The van der Waals surface area contributed by atoms with Gasteiger partial charge in [-0.2, -0.15) is 0 Å². The molecule has 0 atom stereocenters. The van der Waals surface area contributed by atoms with E-state index in [2.05, 4.69) is 0 Å². The summed E-state index contributed by atoms with van der Waals surface area (Å²) in [7, 11) is 0. The van der Waals surface area contributed by atoms with Crippen LogP contribution >= 0.6 is 0 Å². The Bertz CT molecular complexity index is 215. The van der Waals surface area contributed by atoms with Gasteiger partial charge >= 0.3 is 0 Å². The molecular formula is C8H12BrNO. The first kappa shape index (κ1) is 10.4. The van der Waals surface area contributed by atoms with Crippen LogP contribution in [0.4, 0.5) is 0 Å². The lowest BCUT2D eigenvalue weighted by molar-refractivity contribution is -0.894. The van der Waals surface area contributed by atoms with Gasteiger partial charge in [-0.15, -0.1) is 0 Å². The summed E-state index contributed by atoms with van der Waals surface area (Å²) >= 11 is 0. The summed E-state index contributed by atoms with van der Waals surface area (Å²) in [6.45, 7) is 4.69. The number of halogens is 1. The number of pyridine rings is 1. The van der Waals surface area contributed by atoms with Gasteiger partial charge in [0.25, 0.3) is 0 Å². The second-order valence-corrected chi connectivity index (χ2v) is 2.09. The minimum absolute atomic E-state index is 0. The van der Waals surface area contributed by atoms with Crippen molar-refractivity contribution < 1.29 is 26.5 Å². The fourth-order valence-electron chi connectivity index (χ4n) is 0.798. The molecule has 0 aromatic carbocycles. The van der Waals surface area contributed by atoms with Gasteiger partial charge in [0.15, 0.2) is 6.61 Å². The lowest BCUT2D eigenvalue weighted by Gasteiger charge is -1.94. The molecule has 0 amide bonds. The summed E-state index contributed by atoms with van der Waals surface area (Å²) in [4.78, 5) is 5.25. The number of nitrogens with zero attached hydrogens (tertiary/aromatic N) is 1. The highest BCUT2D eigenvalue weighted by molar-refractivity contribution is 4.93. The van der Waals surface area contributed by atoms with E-state index in [9.17, 15) is 0 Å². The zero-order chi connectivity index (χ0) is 7.40. The van der Waals surface area contributed by atoms with E-state index >= 15 is 0 Å². The fraction of sp³-hybridized carbons (Fsp3) is 0.375. The lowest BCUT2D eigenvalue weighted by atomic mass is 10.4. The van der Waals surface area contributed by atoms with Gasteiger partial charge in [-0.3, -0.25) is 4.84 Å². The minimum Gasteiger partial charge on any atom is -1.00 e. The highest BCUT2D eigenvalue weighted by Crippen LogP contribution is 1.84. The maximum atomic E-state index is 5.25. The van der Waals surface area contributed by atoms with Crippen LogP contribution in [0.15, 0.2) is 24.4 Å². The number of aryl methyl sites for hydroxylation is 1. The van der Waals surface area contributed by atoms with Gasteiger partial charge in [-0.05, 0) is 13.0 Å². The van der Waals surface area contributed by atoms with Crippen LogP contribution in [0.2, 0.25) is 0 Å². The van der Waals surface area contributed by atoms with Gasteiger partial charge in [0.2, 0.25) is 11.9 Å². The monoisotopic (exact) mass is 217 g/mol. The normalized spacial score (nSPS) is 8.55. The first-order valence-corrected chi connectivity index (χ1v) is 3.45. The Labute approximate surface area is 77.5 Å². The molecule has 0 radical (unpaired) electrons. The molecule has 62 valence electrons. The molecule has 2 nitrogen and oxygen atoms in total. The molecule has 0 saturated carbocycles. The van der Waals surface area contributed by atoms with Crippen molar-refractivity contribution in [1.29, 1.82) is 0 Å². The molecule has 0 bridgehead atoms. The van der Waals surface area contributed by atoms with E-state index in [4.69, 9.17) is 4.84 Å². The van der Waals surface area contributed by atoms with Crippen molar-refractivity contribution in [2.75, 3.05) is 6.61 Å². The average molecular weight is 218 g/mol. The smallest absolute Gasteiger partial charge is 0.231 e. The van der Waals surface area contributed by atoms with E-state index in [-0.39, 0.29) is 17.0 Å². The number of hydrogen-bond donors (Lipinski definition) is 0. The van der Waals surface area contributed by atoms with E-state index in [0.717, 1.165) is 5.69 Å². The van der Waals surface area contributed by atoms with E-state index in [1.54, 1.807) is 4.73 Å². The highest BCUT2D eigenvalue weighted by Gasteiger charge is 2.02. The molecule has 0 unspecified atom stereocenters. The molecule has 0 aliphatic carbocycles. The molecule has 1 aromatic rings. The van der Waals surface area contributed by atoms with E-state index < -0.39 is 0 Å². The maximum absolute atomic E-state index is 5.25. The van der Waals surface area contributed by atoms with Crippen LogP contribution in [0.5, 0.6) is 0 Å². The summed E-state index contributed by atoms with van der Waals surface area (Å²) in [5.41, 5.74) is 1.12. The Morgan fingerprint density at radius 2 is 2.18 bits per heavy atom. The molecule has 0 aliphatic rings. The zero-order valence-corrected chi connectivity index (χ0v) is 8.34. The van der Waals surface area contributed by atoms with Crippen molar-refractivity contribution in [1.82, 2.24) is 0 Å². The van der Waals surface area contributed by atoms with Gasteiger partial charge in [-0.25, -0.2) is 0 Å². The van der Waals surface area contributed by atoms with Crippen LogP contribution in [0.3, 0.4) is 0 Å². The van der Waals surface area contributed by atoms with Gasteiger partial charge < -0.3 is 17.0 Å². The van der Waals surface area contributed by atoms with Crippen LogP contribution in [0.25, 0.3) is 0 Å². The van der Waals surface area contributed by atoms with Crippen molar-refractivity contribution in [2.24, 2.45) is 0 Å². The predicted octanol–water partition coefficient (Wildman–Crippen LogP) is -2.26. The van der Waals surface area contributed by atoms with Gasteiger partial charge in [-0.1, -0.05) is 0 Å². The largest absolute Gasteiger partial charge is 1.00 e. The quantitative estimate of drug-likeness (QED) is 0.510. The first-order valence-electron chi connectivity index (χ1n) is 3.45. The number of rotatable bonds is 2. The van der Waals surface area contributed by atoms with E-state index in [0.29, 0.717) is 6.61 Å². The third-order valence-electron chi connectivity index (χ3n) is 1.29. The Morgan fingerprint density at radius 1 is 1.45 bits per heavy atom. The molecule has 1 rings (SSSR count). The second-order valence-electron chi connectivity index (χ2n) is 2.09. The molecule has 1 aromatic heterocycles. The number of hydrogen-bond acceptors (Lipinski definition) is 1. The molecule has 1 heterocycles. The summed E-state index contributed by atoms with van der Waals surface area (Å²) in [5.74, 6) is 0. The number of aromatic nitrogens is 1. The predicted molar refractivity (Wildman–Crippen MR) is 38.5 cm³/mol. The van der Waals surface area contributed by atoms with Crippen molar-refractivity contribution in [3.05, 3.63) is 30.1 Å². The Balaban J connectivity index is 0.000001000. The molecule has 0 aliphatic heterocycles. The van der Waals surface area contributed by atoms with Crippen LogP contribution in [-0.2, 0) is 0 Å². The van der Waals surface area contributed by atoms with Crippen molar-refractivity contribution in [3.8, 4) is 0 Å².